The molecule has 11 heteroatoms. The van der Waals surface area contributed by atoms with Gasteiger partial charge in [0.25, 0.3) is 0 Å². The number of methoxy groups -OCH3 is 1. The standard InChI is InChI=1S/C37H49ClN2O8/c1-9-28(45-8)26(38)19-23(4)20-27-34(42)39-21-37(6,7)36(44)47-30(18-22(2)3)35(43)46-29(16-13-17-31(41)40-27)24(5)32-33(48-32)25-14-11-10-12-15-25/h9-15,17,19,22,24,27,29-30,32-33H,4,16,18,20-21H2,1-3,5-8H3,(H,39,42)(H,40,41)/b17-13+,26-19+,28-9+/t24?,27-,29+,30?,32?,33-/m1/s1. The van der Waals surface area contributed by atoms with Crippen LogP contribution in [-0.2, 0) is 38.1 Å². The molecule has 1 saturated heterocycles. The maximum atomic E-state index is 13.6. The van der Waals surface area contributed by atoms with Crippen molar-refractivity contribution in [2.24, 2.45) is 17.3 Å². The van der Waals surface area contributed by atoms with Crippen LogP contribution in [0.25, 0.3) is 0 Å². The van der Waals surface area contributed by atoms with Crippen molar-refractivity contribution in [1.29, 1.82) is 0 Å². The molecule has 2 amide bonds. The predicted molar refractivity (Wildman–Crippen MR) is 183 cm³/mol. The lowest BCUT2D eigenvalue weighted by molar-refractivity contribution is -0.179. The Hall–Kier alpha value is -3.89. The molecule has 2 heterocycles. The molecule has 0 radical (unpaired) electrons. The van der Waals surface area contributed by atoms with Gasteiger partial charge in [0.15, 0.2) is 6.10 Å². The number of ether oxygens (including phenoxy) is 4. The second-order valence-corrected chi connectivity index (χ2v) is 13.7. The largest absolute Gasteiger partial charge is 0.496 e. The van der Waals surface area contributed by atoms with Crippen molar-refractivity contribution in [3.05, 3.63) is 83.1 Å². The van der Waals surface area contributed by atoms with Crippen molar-refractivity contribution < 1.29 is 38.1 Å². The number of epoxide rings is 1. The molecule has 2 aliphatic heterocycles. The molecule has 6 atom stereocenters. The van der Waals surface area contributed by atoms with Crippen LogP contribution in [0.3, 0.4) is 0 Å². The second kappa shape index (κ2) is 17.5. The number of allylic oxidation sites excluding steroid dienone is 3. The first-order valence-corrected chi connectivity index (χ1v) is 16.7. The van der Waals surface area contributed by atoms with Crippen molar-refractivity contribution >= 4 is 35.4 Å². The van der Waals surface area contributed by atoms with Crippen LogP contribution in [0.5, 0.6) is 0 Å². The fraction of sp³-hybridized carbons (Fsp3) is 0.514. The molecule has 0 bridgehead atoms. The lowest BCUT2D eigenvalue weighted by Crippen LogP contribution is -2.50. The van der Waals surface area contributed by atoms with Gasteiger partial charge < -0.3 is 29.6 Å². The van der Waals surface area contributed by atoms with Crippen molar-refractivity contribution in [3.63, 3.8) is 0 Å². The number of benzene rings is 1. The zero-order valence-electron chi connectivity index (χ0n) is 28.9. The van der Waals surface area contributed by atoms with E-state index in [1.165, 1.54) is 13.2 Å². The van der Waals surface area contributed by atoms with Gasteiger partial charge in [-0.15, -0.1) is 0 Å². The molecule has 3 rings (SSSR count). The van der Waals surface area contributed by atoms with Gasteiger partial charge in [0.2, 0.25) is 11.8 Å². The Kier molecular flexibility index (Phi) is 14.0. The molecule has 1 aromatic rings. The summed E-state index contributed by atoms with van der Waals surface area (Å²) in [5, 5.41) is 5.76. The molecule has 0 spiro atoms. The molecule has 262 valence electrons. The Labute approximate surface area is 288 Å². The molecule has 0 saturated carbocycles. The molecule has 10 nitrogen and oxygen atoms in total. The van der Waals surface area contributed by atoms with Gasteiger partial charge in [-0.1, -0.05) is 80.9 Å². The van der Waals surface area contributed by atoms with Crippen molar-refractivity contribution in [2.45, 2.75) is 91.3 Å². The van der Waals surface area contributed by atoms with Crippen LogP contribution in [0.2, 0.25) is 0 Å². The lowest BCUT2D eigenvalue weighted by Gasteiger charge is -2.29. The van der Waals surface area contributed by atoms with Crippen LogP contribution in [0, 0.1) is 17.3 Å². The number of nitrogens with one attached hydrogen (secondary N) is 2. The highest BCUT2D eigenvalue weighted by molar-refractivity contribution is 6.31. The first-order chi connectivity index (χ1) is 22.7. The van der Waals surface area contributed by atoms with Gasteiger partial charge >= 0.3 is 11.9 Å². The van der Waals surface area contributed by atoms with Crippen LogP contribution in [0.4, 0.5) is 0 Å². The third-order valence-electron chi connectivity index (χ3n) is 8.27. The lowest BCUT2D eigenvalue weighted by atomic mass is 9.92. The smallest absolute Gasteiger partial charge is 0.347 e. The summed E-state index contributed by atoms with van der Waals surface area (Å²) in [5.74, 6) is -2.22. The quantitative estimate of drug-likeness (QED) is 0.136. The molecular weight excluding hydrogens is 636 g/mol. The van der Waals surface area contributed by atoms with E-state index in [-0.39, 0.29) is 54.9 Å². The number of rotatable bonds is 10. The Morgan fingerprint density at radius 1 is 1.12 bits per heavy atom. The molecule has 48 heavy (non-hydrogen) atoms. The van der Waals surface area contributed by atoms with E-state index in [9.17, 15) is 19.2 Å². The third-order valence-corrected chi connectivity index (χ3v) is 8.56. The maximum absolute atomic E-state index is 13.6. The van der Waals surface area contributed by atoms with Gasteiger partial charge in [0.05, 0.1) is 23.7 Å². The van der Waals surface area contributed by atoms with E-state index in [0.29, 0.717) is 11.3 Å². The van der Waals surface area contributed by atoms with E-state index < -0.39 is 47.4 Å². The Morgan fingerprint density at radius 2 is 1.81 bits per heavy atom. The summed E-state index contributed by atoms with van der Waals surface area (Å²) in [4.78, 5) is 53.6. The number of carbonyl (C=O) groups is 4. The van der Waals surface area contributed by atoms with E-state index in [0.717, 1.165) is 5.56 Å². The molecule has 0 aliphatic carbocycles. The predicted octanol–water partition coefficient (Wildman–Crippen LogP) is 5.84. The normalized spacial score (nSPS) is 27.2. The first kappa shape index (κ1) is 38.6. The molecule has 2 aliphatic rings. The summed E-state index contributed by atoms with van der Waals surface area (Å²) in [7, 11) is 1.49. The highest BCUT2D eigenvalue weighted by Crippen LogP contribution is 2.45. The van der Waals surface area contributed by atoms with Gasteiger partial charge in [-0.3, -0.25) is 14.4 Å². The van der Waals surface area contributed by atoms with Gasteiger partial charge in [-0.2, -0.15) is 0 Å². The number of amides is 2. The van der Waals surface area contributed by atoms with Gasteiger partial charge in [-0.25, -0.2) is 4.79 Å². The SMILES string of the molecule is C=C(/C=C(Cl)\C(=C/C)OC)C[C@H]1NC(=O)/C=C/C[C@@H](C(C)C2O[C@@H]2c2ccccc2)OC(=O)C(CC(C)C)OC(=O)C(C)(C)CNC1=O. The van der Waals surface area contributed by atoms with E-state index in [1.54, 1.807) is 39.0 Å². The Bertz CT molecular complexity index is 1420. The summed E-state index contributed by atoms with van der Waals surface area (Å²) in [5.41, 5.74) is 0.265. The molecule has 2 N–H and O–H groups in total. The van der Waals surface area contributed by atoms with E-state index in [1.807, 2.05) is 51.1 Å². The van der Waals surface area contributed by atoms with Crippen molar-refractivity contribution in [3.8, 4) is 0 Å². The molecule has 3 unspecified atom stereocenters. The fourth-order valence-electron chi connectivity index (χ4n) is 5.32. The van der Waals surface area contributed by atoms with Gasteiger partial charge in [0.1, 0.15) is 24.0 Å². The summed E-state index contributed by atoms with van der Waals surface area (Å²) >= 11 is 6.36. The minimum absolute atomic E-state index is 0.0154. The summed E-state index contributed by atoms with van der Waals surface area (Å²) in [6.07, 6.45) is 4.39. The van der Waals surface area contributed by atoms with Crippen molar-refractivity contribution in [2.75, 3.05) is 13.7 Å². The first-order valence-electron chi connectivity index (χ1n) is 16.3. The number of carbonyl (C=O) groups excluding carboxylic acids is 4. The zero-order valence-corrected chi connectivity index (χ0v) is 29.7. The summed E-state index contributed by atoms with van der Waals surface area (Å²) in [6.45, 7) is 14.6. The monoisotopic (exact) mass is 684 g/mol. The summed E-state index contributed by atoms with van der Waals surface area (Å²) in [6, 6.07) is 8.72. The van der Waals surface area contributed by atoms with Crippen LogP contribution in [0.15, 0.2) is 77.6 Å². The van der Waals surface area contributed by atoms with Crippen molar-refractivity contribution in [1.82, 2.24) is 10.6 Å². The number of hydrogen-bond acceptors (Lipinski definition) is 8. The third kappa shape index (κ3) is 11.1. The summed E-state index contributed by atoms with van der Waals surface area (Å²) < 4.78 is 23.1. The van der Waals surface area contributed by atoms with Crippen LogP contribution in [0.1, 0.15) is 72.5 Å². The Balaban J connectivity index is 1.91. The van der Waals surface area contributed by atoms with Crippen LogP contribution < -0.4 is 10.6 Å². The van der Waals surface area contributed by atoms with E-state index in [2.05, 4.69) is 17.2 Å². The molecular formula is C37H49ClN2O8. The number of halogens is 1. The zero-order chi connectivity index (χ0) is 35.6. The highest BCUT2D eigenvalue weighted by atomic mass is 35.5. The highest BCUT2D eigenvalue weighted by Gasteiger charge is 2.48. The second-order valence-electron chi connectivity index (χ2n) is 13.3. The topological polar surface area (TPSA) is 133 Å². The van der Waals surface area contributed by atoms with E-state index >= 15 is 0 Å². The average Bonchev–Trinajstić information content (AvgIpc) is 3.83. The minimum atomic E-state index is -1.21. The fourth-order valence-corrected chi connectivity index (χ4v) is 5.66. The average molecular weight is 685 g/mol. The van der Waals surface area contributed by atoms with Crippen LogP contribution >= 0.6 is 11.6 Å². The minimum Gasteiger partial charge on any atom is -0.496 e. The number of hydrogen-bond donors (Lipinski definition) is 2. The number of esters is 2. The number of cyclic esters (lactones) is 2. The van der Waals surface area contributed by atoms with Gasteiger partial charge in [-0.05, 0) is 56.9 Å². The molecule has 1 fully saturated rings. The Morgan fingerprint density at radius 3 is 2.44 bits per heavy atom. The van der Waals surface area contributed by atoms with Gasteiger partial charge in [0, 0.05) is 25.3 Å². The van der Waals surface area contributed by atoms with E-state index in [4.69, 9.17) is 30.5 Å². The van der Waals surface area contributed by atoms with Crippen LogP contribution in [-0.4, -0.2) is 61.8 Å². The molecule has 0 aromatic heterocycles. The maximum Gasteiger partial charge on any atom is 0.347 e. The molecule has 1 aromatic carbocycles.